The van der Waals surface area contributed by atoms with Crippen molar-refractivity contribution in [1.82, 2.24) is 4.98 Å². The van der Waals surface area contributed by atoms with E-state index in [9.17, 15) is 0 Å². The zero-order valence-corrected chi connectivity index (χ0v) is 6.96. The average Bonchev–Trinajstić information content (AvgIpc) is 2.87. The molecule has 0 unspecified atom stereocenters. The van der Waals surface area contributed by atoms with Crippen LogP contribution in [0, 0.1) is 5.92 Å². The van der Waals surface area contributed by atoms with Gasteiger partial charge in [-0.05, 0) is 30.9 Å². The summed E-state index contributed by atoms with van der Waals surface area (Å²) in [4.78, 5) is 3.99. The fourth-order valence-corrected chi connectivity index (χ4v) is 1.09. The maximum atomic E-state index is 5.46. The van der Waals surface area contributed by atoms with Crippen molar-refractivity contribution in [2.24, 2.45) is 5.92 Å². The number of pyridine rings is 1. The number of rotatable bonds is 3. The minimum absolute atomic E-state index is 0.576. The molecule has 3 nitrogen and oxygen atoms in total. The van der Waals surface area contributed by atoms with E-state index in [1.807, 2.05) is 12.1 Å². The van der Waals surface area contributed by atoms with E-state index in [4.69, 9.17) is 5.73 Å². The van der Waals surface area contributed by atoms with Crippen LogP contribution in [0.15, 0.2) is 18.3 Å². The number of nitrogens with two attached hydrogens (primary N) is 1. The minimum Gasteiger partial charge on any atom is -0.384 e. The monoisotopic (exact) mass is 163 g/mol. The van der Waals surface area contributed by atoms with Crippen LogP contribution in [-0.4, -0.2) is 11.5 Å². The Hall–Kier alpha value is -1.25. The first kappa shape index (κ1) is 7.40. The van der Waals surface area contributed by atoms with E-state index in [0.29, 0.717) is 5.82 Å². The normalized spacial score (nSPS) is 16.0. The average molecular weight is 163 g/mol. The molecule has 0 spiro atoms. The molecule has 1 aromatic rings. The third kappa shape index (κ3) is 1.87. The van der Waals surface area contributed by atoms with E-state index in [-0.39, 0.29) is 0 Å². The Kier molecular flexibility index (Phi) is 1.86. The highest BCUT2D eigenvalue weighted by molar-refractivity contribution is 5.45. The van der Waals surface area contributed by atoms with Crippen LogP contribution in [0.2, 0.25) is 0 Å². The number of hydrogen-bond donors (Lipinski definition) is 2. The lowest BCUT2D eigenvalue weighted by molar-refractivity contribution is 0.888. The summed E-state index contributed by atoms with van der Waals surface area (Å²) in [6, 6.07) is 3.78. The molecule has 1 aliphatic rings. The quantitative estimate of drug-likeness (QED) is 0.709. The molecule has 0 radical (unpaired) electrons. The summed E-state index contributed by atoms with van der Waals surface area (Å²) in [5.41, 5.74) is 6.52. The minimum atomic E-state index is 0.576. The maximum Gasteiger partial charge on any atom is 0.123 e. The summed E-state index contributed by atoms with van der Waals surface area (Å²) in [6.45, 7) is 1.07. The van der Waals surface area contributed by atoms with Crippen molar-refractivity contribution < 1.29 is 0 Å². The van der Waals surface area contributed by atoms with E-state index >= 15 is 0 Å². The van der Waals surface area contributed by atoms with Crippen LogP contribution in [0.4, 0.5) is 11.5 Å². The Labute approximate surface area is 72.0 Å². The molecule has 1 heterocycles. The molecule has 1 saturated carbocycles. The van der Waals surface area contributed by atoms with Gasteiger partial charge in [0, 0.05) is 6.54 Å². The van der Waals surface area contributed by atoms with Gasteiger partial charge in [-0.25, -0.2) is 4.98 Å². The third-order valence-electron chi connectivity index (χ3n) is 2.08. The molecule has 1 aromatic heterocycles. The highest BCUT2D eigenvalue weighted by Gasteiger charge is 2.20. The number of aromatic nitrogens is 1. The zero-order chi connectivity index (χ0) is 8.39. The van der Waals surface area contributed by atoms with Gasteiger partial charge in [0.1, 0.15) is 5.82 Å². The molecule has 0 aromatic carbocycles. The van der Waals surface area contributed by atoms with Crippen LogP contribution < -0.4 is 11.1 Å². The van der Waals surface area contributed by atoms with Gasteiger partial charge in [0.05, 0.1) is 11.9 Å². The number of nitrogen functional groups attached to an aromatic ring is 1. The topological polar surface area (TPSA) is 50.9 Å². The van der Waals surface area contributed by atoms with Gasteiger partial charge in [-0.15, -0.1) is 0 Å². The van der Waals surface area contributed by atoms with Gasteiger partial charge in [-0.1, -0.05) is 0 Å². The second-order valence-electron chi connectivity index (χ2n) is 3.30. The van der Waals surface area contributed by atoms with E-state index < -0.39 is 0 Å². The molecule has 0 aliphatic heterocycles. The molecule has 1 fully saturated rings. The van der Waals surface area contributed by atoms with Gasteiger partial charge in [0.2, 0.25) is 0 Å². The molecule has 2 rings (SSSR count). The lowest BCUT2D eigenvalue weighted by Gasteiger charge is -2.03. The van der Waals surface area contributed by atoms with Crippen LogP contribution in [0.25, 0.3) is 0 Å². The molecule has 0 atom stereocenters. The molecule has 64 valence electrons. The second kappa shape index (κ2) is 3.01. The van der Waals surface area contributed by atoms with Gasteiger partial charge >= 0.3 is 0 Å². The van der Waals surface area contributed by atoms with E-state index in [2.05, 4.69) is 10.3 Å². The Morgan fingerprint density at radius 2 is 2.33 bits per heavy atom. The third-order valence-corrected chi connectivity index (χ3v) is 2.08. The lowest BCUT2D eigenvalue weighted by atomic mass is 10.3. The van der Waals surface area contributed by atoms with Crippen molar-refractivity contribution in [3.63, 3.8) is 0 Å². The van der Waals surface area contributed by atoms with Crippen LogP contribution >= 0.6 is 0 Å². The van der Waals surface area contributed by atoms with Crippen LogP contribution in [0.5, 0.6) is 0 Å². The van der Waals surface area contributed by atoms with Gasteiger partial charge in [0.25, 0.3) is 0 Å². The molecule has 0 amide bonds. The van der Waals surface area contributed by atoms with Crippen molar-refractivity contribution in [3.8, 4) is 0 Å². The Morgan fingerprint density at radius 3 is 2.92 bits per heavy atom. The molecule has 12 heavy (non-hydrogen) atoms. The van der Waals surface area contributed by atoms with Gasteiger partial charge in [0.15, 0.2) is 0 Å². The van der Waals surface area contributed by atoms with Crippen LogP contribution in [0.1, 0.15) is 12.8 Å². The van der Waals surface area contributed by atoms with Gasteiger partial charge in [-0.3, -0.25) is 0 Å². The van der Waals surface area contributed by atoms with E-state index in [0.717, 1.165) is 18.2 Å². The Balaban J connectivity index is 1.89. The predicted molar refractivity (Wildman–Crippen MR) is 49.9 cm³/mol. The fraction of sp³-hybridized carbons (Fsp3) is 0.444. The first-order valence-electron chi connectivity index (χ1n) is 4.30. The number of nitrogens with one attached hydrogen (secondary N) is 1. The molecule has 3 N–H and O–H groups in total. The smallest absolute Gasteiger partial charge is 0.123 e. The van der Waals surface area contributed by atoms with Crippen molar-refractivity contribution in [3.05, 3.63) is 18.3 Å². The van der Waals surface area contributed by atoms with E-state index in [1.54, 1.807) is 6.20 Å². The fourth-order valence-electron chi connectivity index (χ4n) is 1.09. The van der Waals surface area contributed by atoms with Crippen molar-refractivity contribution in [1.29, 1.82) is 0 Å². The van der Waals surface area contributed by atoms with Crippen molar-refractivity contribution in [2.45, 2.75) is 12.8 Å². The molecule has 1 aliphatic carbocycles. The summed E-state index contributed by atoms with van der Waals surface area (Å²) in [5.74, 6) is 1.47. The predicted octanol–water partition coefficient (Wildman–Crippen LogP) is 1.49. The Bertz CT molecular complexity index is 251. The highest BCUT2D eigenvalue weighted by atomic mass is 14.9. The summed E-state index contributed by atoms with van der Waals surface area (Å²) in [6.07, 6.45) is 4.52. The molecule has 3 heteroatoms. The summed E-state index contributed by atoms with van der Waals surface area (Å²) in [7, 11) is 0. The molecule has 0 saturated heterocycles. The standard InChI is InChI=1S/C9H13N3/c10-9-4-3-8(6-12-9)11-5-7-1-2-7/h3-4,6-7,11H,1-2,5H2,(H2,10,12). The molecule has 0 bridgehead atoms. The summed E-state index contributed by atoms with van der Waals surface area (Å²) in [5, 5.41) is 3.32. The molecular formula is C9H13N3. The highest BCUT2D eigenvalue weighted by Crippen LogP contribution is 2.28. The van der Waals surface area contributed by atoms with Gasteiger partial charge < -0.3 is 11.1 Å². The van der Waals surface area contributed by atoms with E-state index in [1.165, 1.54) is 12.8 Å². The van der Waals surface area contributed by atoms with Crippen molar-refractivity contribution in [2.75, 3.05) is 17.6 Å². The number of anilines is 2. The number of hydrogen-bond acceptors (Lipinski definition) is 3. The maximum absolute atomic E-state index is 5.46. The SMILES string of the molecule is Nc1ccc(NCC2CC2)cn1. The zero-order valence-electron chi connectivity index (χ0n) is 6.96. The Morgan fingerprint density at radius 1 is 1.50 bits per heavy atom. The number of nitrogens with zero attached hydrogens (tertiary/aromatic N) is 1. The van der Waals surface area contributed by atoms with Gasteiger partial charge in [-0.2, -0.15) is 0 Å². The summed E-state index contributed by atoms with van der Waals surface area (Å²) < 4.78 is 0. The summed E-state index contributed by atoms with van der Waals surface area (Å²) >= 11 is 0. The second-order valence-corrected chi connectivity index (χ2v) is 3.30. The van der Waals surface area contributed by atoms with Crippen molar-refractivity contribution >= 4 is 11.5 Å². The van der Waals surface area contributed by atoms with Crippen LogP contribution in [-0.2, 0) is 0 Å². The first-order chi connectivity index (χ1) is 5.84. The molecular weight excluding hydrogens is 150 g/mol. The first-order valence-corrected chi connectivity index (χ1v) is 4.30. The van der Waals surface area contributed by atoms with Crippen LogP contribution in [0.3, 0.4) is 0 Å². The lowest BCUT2D eigenvalue weighted by Crippen LogP contribution is -2.03. The largest absolute Gasteiger partial charge is 0.384 e.